The number of aromatic nitrogens is 2. The number of amides is 1. The minimum Gasteiger partial charge on any atom is -0.496 e. The summed E-state index contributed by atoms with van der Waals surface area (Å²) >= 11 is 0. The largest absolute Gasteiger partial charge is 0.496 e. The van der Waals surface area contributed by atoms with Crippen molar-refractivity contribution in [3.63, 3.8) is 0 Å². The Morgan fingerprint density at radius 3 is 2.37 bits per heavy atom. The summed E-state index contributed by atoms with van der Waals surface area (Å²) in [7, 11) is 4.68. The van der Waals surface area contributed by atoms with Crippen molar-refractivity contribution in [3.05, 3.63) is 23.9 Å². The summed E-state index contributed by atoms with van der Waals surface area (Å²) in [6, 6.07) is 3.92. The Labute approximate surface area is 177 Å². The Hall–Kier alpha value is -2.77. The molecular weight excluding hydrogens is 386 g/mol. The number of hydrogen-bond donors (Lipinski definition) is 0. The van der Waals surface area contributed by atoms with Crippen molar-refractivity contribution in [3.8, 4) is 5.75 Å². The summed E-state index contributed by atoms with van der Waals surface area (Å²) in [5.41, 5.74) is 0.657. The van der Waals surface area contributed by atoms with Crippen LogP contribution in [0.3, 0.4) is 0 Å². The number of esters is 1. The van der Waals surface area contributed by atoms with Crippen LogP contribution in [-0.2, 0) is 9.47 Å². The van der Waals surface area contributed by atoms with Gasteiger partial charge < -0.3 is 19.1 Å². The van der Waals surface area contributed by atoms with Crippen LogP contribution in [-0.4, -0.2) is 59.7 Å². The number of hydrogen-bond acceptors (Lipinski definition) is 6. The zero-order valence-electron chi connectivity index (χ0n) is 18.6. The Bertz CT molecular complexity index is 923. The van der Waals surface area contributed by atoms with Gasteiger partial charge in [0.1, 0.15) is 16.9 Å². The lowest BCUT2D eigenvalue weighted by atomic mass is 9.90. The molecule has 1 heterocycles. The molecule has 2 aromatic rings. The number of methoxy groups -OCH3 is 2. The van der Waals surface area contributed by atoms with Crippen LogP contribution >= 0.6 is 0 Å². The minimum absolute atomic E-state index is 0.159. The van der Waals surface area contributed by atoms with E-state index in [1.54, 1.807) is 17.0 Å². The standard InChI is InChI=1S/C22H31N3O5/c1-22(2,3)30-21(27)24(4)15-7-9-16(10-8-15)25-13-14-11-17(20(26)29-6)19(28-5)12-18(14)23-25/h11-13,15-16H,7-10H2,1-6H3/t15-,16-. The molecule has 1 fully saturated rings. The SMILES string of the molecule is COC(=O)c1cc2cn([C@H]3CC[C@H](N(C)C(=O)OC(C)(C)C)CC3)nc2cc1OC. The lowest BCUT2D eigenvalue weighted by Gasteiger charge is -2.35. The van der Waals surface area contributed by atoms with Crippen LogP contribution < -0.4 is 4.74 Å². The summed E-state index contributed by atoms with van der Waals surface area (Å²) in [6.07, 6.45) is 5.27. The number of carbonyl (C=O) groups is 2. The highest BCUT2D eigenvalue weighted by Gasteiger charge is 2.30. The van der Waals surface area contributed by atoms with Gasteiger partial charge in [-0.05, 0) is 52.5 Å². The van der Waals surface area contributed by atoms with Gasteiger partial charge in [-0.15, -0.1) is 0 Å². The highest BCUT2D eigenvalue weighted by atomic mass is 16.6. The number of fused-ring (bicyclic) bond motifs is 1. The number of carbonyl (C=O) groups excluding carboxylic acids is 2. The third-order valence-corrected chi connectivity index (χ3v) is 5.52. The molecule has 1 aliphatic rings. The molecule has 1 amide bonds. The Balaban J connectivity index is 1.71. The second kappa shape index (κ2) is 8.53. The molecule has 3 rings (SSSR count). The smallest absolute Gasteiger partial charge is 0.410 e. The maximum Gasteiger partial charge on any atom is 0.410 e. The van der Waals surface area contributed by atoms with Gasteiger partial charge in [-0.25, -0.2) is 9.59 Å². The Morgan fingerprint density at radius 2 is 1.80 bits per heavy atom. The molecule has 0 aliphatic heterocycles. The molecule has 8 heteroatoms. The fraction of sp³-hybridized carbons (Fsp3) is 0.591. The van der Waals surface area contributed by atoms with Crippen molar-refractivity contribution < 1.29 is 23.8 Å². The van der Waals surface area contributed by atoms with Crippen molar-refractivity contribution in [2.75, 3.05) is 21.3 Å². The predicted molar refractivity (Wildman–Crippen MR) is 113 cm³/mol. The average molecular weight is 418 g/mol. The van der Waals surface area contributed by atoms with Gasteiger partial charge in [0.25, 0.3) is 0 Å². The van der Waals surface area contributed by atoms with Gasteiger partial charge in [-0.2, -0.15) is 5.10 Å². The van der Waals surface area contributed by atoms with Crippen molar-refractivity contribution >= 4 is 23.0 Å². The molecule has 1 aromatic heterocycles. The summed E-state index contributed by atoms with van der Waals surface area (Å²) in [6.45, 7) is 5.62. The highest BCUT2D eigenvalue weighted by molar-refractivity contribution is 5.97. The molecule has 1 saturated carbocycles. The van der Waals surface area contributed by atoms with Gasteiger partial charge in [-0.1, -0.05) is 0 Å². The van der Waals surface area contributed by atoms with Crippen molar-refractivity contribution in [2.45, 2.75) is 64.1 Å². The van der Waals surface area contributed by atoms with Crippen LogP contribution in [0, 0.1) is 0 Å². The van der Waals surface area contributed by atoms with E-state index in [-0.39, 0.29) is 18.2 Å². The van der Waals surface area contributed by atoms with Crippen LogP contribution in [0.1, 0.15) is 62.9 Å². The first-order valence-electron chi connectivity index (χ1n) is 10.2. The average Bonchev–Trinajstić information content (AvgIpc) is 3.13. The van der Waals surface area contributed by atoms with Crippen LogP contribution in [0.2, 0.25) is 0 Å². The molecule has 0 bridgehead atoms. The highest BCUT2D eigenvalue weighted by Crippen LogP contribution is 2.33. The van der Waals surface area contributed by atoms with E-state index in [0.717, 1.165) is 36.6 Å². The van der Waals surface area contributed by atoms with E-state index in [1.807, 2.05) is 38.7 Å². The maximum atomic E-state index is 12.3. The first kappa shape index (κ1) is 21.9. The summed E-state index contributed by atoms with van der Waals surface area (Å²) < 4.78 is 17.6. The molecule has 8 nitrogen and oxygen atoms in total. The molecule has 0 atom stereocenters. The van der Waals surface area contributed by atoms with E-state index in [1.165, 1.54) is 14.2 Å². The van der Waals surface area contributed by atoms with Crippen molar-refractivity contribution in [2.24, 2.45) is 0 Å². The zero-order chi connectivity index (χ0) is 22.1. The first-order chi connectivity index (χ1) is 14.1. The summed E-state index contributed by atoms with van der Waals surface area (Å²) in [5, 5.41) is 5.57. The van der Waals surface area contributed by atoms with E-state index in [4.69, 9.17) is 19.3 Å². The van der Waals surface area contributed by atoms with Crippen LogP contribution in [0.25, 0.3) is 10.9 Å². The molecular formula is C22H31N3O5. The van der Waals surface area contributed by atoms with E-state index in [0.29, 0.717) is 11.3 Å². The molecule has 30 heavy (non-hydrogen) atoms. The quantitative estimate of drug-likeness (QED) is 0.694. The molecule has 1 aliphatic carbocycles. The minimum atomic E-state index is -0.498. The lowest BCUT2D eigenvalue weighted by Crippen LogP contribution is -2.42. The van der Waals surface area contributed by atoms with Gasteiger partial charge in [-0.3, -0.25) is 4.68 Å². The van der Waals surface area contributed by atoms with E-state index in [9.17, 15) is 9.59 Å². The monoisotopic (exact) mass is 417 g/mol. The first-order valence-corrected chi connectivity index (χ1v) is 10.2. The number of rotatable bonds is 4. The second-order valence-corrected chi connectivity index (χ2v) is 8.77. The van der Waals surface area contributed by atoms with Gasteiger partial charge >= 0.3 is 12.1 Å². The van der Waals surface area contributed by atoms with Gasteiger partial charge in [0.2, 0.25) is 0 Å². The molecule has 1 aromatic carbocycles. The number of nitrogens with zero attached hydrogens (tertiary/aromatic N) is 3. The number of benzene rings is 1. The van der Waals surface area contributed by atoms with E-state index in [2.05, 4.69) is 0 Å². The van der Waals surface area contributed by atoms with E-state index >= 15 is 0 Å². The zero-order valence-corrected chi connectivity index (χ0v) is 18.6. The van der Waals surface area contributed by atoms with E-state index < -0.39 is 11.6 Å². The molecule has 0 N–H and O–H groups in total. The van der Waals surface area contributed by atoms with Gasteiger partial charge in [0, 0.05) is 30.7 Å². The summed E-state index contributed by atoms with van der Waals surface area (Å²) in [4.78, 5) is 26.1. The van der Waals surface area contributed by atoms with Crippen LogP contribution in [0.5, 0.6) is 5.75 Å². The van der Waals surface area contributed by atoms with Crippen molar-refractivity contribution in [1.29, 1.82) is 0 Å². The fourth-order valence-electron chi connectivity index (χ4n) is 3.89. The van der Waals surface area contributed by atoms with Crippen LogP contribution in [0.4, 0.5) is 4.79 Å². The van der Waals surface area contributed by atoms with Crippen molar-refractivity contribution in [1.82, 2.24) is 14.7 Å². The van der Waals surface area contributed by atoms with Gasteiger partial charge in [0.05, 0.1) is 25.8 Å². The maximum absolute atomic E-state index is 12.3. The third-order valence-electron chi connectivity index (χ3n) is 5.52. The molecule has 164 valence electrons. The second-order valence-electron chi connectivity index (χ2n) is 8.77. The van der Waals surface area contributed by atoms with Crippen LogP contribution in [0.15, 0.2) is 18.3 Å². The molecule has 0 saturated heterocycles. The predicted octanol–water partition coefficient (Wildman–Crippen LogP) is 4.18. The Kier molecular flexibility index (Phi) is 6.24. The molecule has 0 spiro atoms. The molecule has 0 unspecified atom stereocenters. The lowest BCUT2D eigenvalue weighted by molar-refractivity contribution is 0.0172. The van der Waals surface area contributed by atoms with Gasteiger partial charge in [0.15, 0.2) is 0 Å². The summed E-state index contributed by atoms with van der Waals surface area (Å²) in [5.74, 6) is 0.00878. The Morgan fingerprint density at radius 1 is 1.13 bits per heavy atom. The normalized spacial score (nSPS) is 19.4. The number of ether oxygens (including phenoxy) is 3. The fourth-order valence-corrected chi connectivity index (χ4v) is 3.89. The topological polar surface area (TPSA) is 82.9 Å². The third kappa shape index (κ3) is 4.68. The molecule has 0 radical (unpaired) electrons.